The summed E-state index contributed by atoms with van der Waals surface area (Å²) < 4.78 is 0. The van der Waals surface area contributed by atoms with E-state index in [1.165, 1.54) is 18.5 Å². The summed E-state index contributed by atoms with van der Waals surface area (Å²) in [7, 11) is 3.34. The van der Waals surface area contributed by atoms with Crippen LogP contribution >= 0.6 is 0 Å². The molecule has 0 aromatic carbocycles. The Morgan fingerprint density at radius 1 is 1.15 bits per heavy atom. The Morgan fingerprint density at radius 2 is 1.75 bits per heavy atom. The molecular formula is C15H22N4O. The molecule has 0 aliphatic carbocycles. The number of aromatic nitrogens is 1. The quantitative estimate of drug-likeness (QED) is 0.626. The molecule has 1 saturated heterocycles. The van der Waals surface area contributed by atoms with Crippen LogP contribution in [0.2, 0.25) is 0 Å². The molecule has 108 valence electrons. The van der Waals surface area contributed by atoms with E-state index in [0.717, 1.165) is 35.9 Å². The molecule has 1 aliphatic heterocycles. The molecule has 1 fully saturated rings. The lowest BCUT2D eigenvalue weighted by molar-refractivity contribution is 0.213. The van der Waals surface area contributed by atoms with Gasteiger partial charge in [0.15, 0.2) is 0 Å². The van der Waals surface area contributed by atoms with E-state index in [9.17, 15) is 0 Å². The van der Waals surface area contributed by atoms with E-state index in [1.54, 1.807) is 14.2 Å². The average molecular weight is 274 g/mol. The van der Waals surface area contributed by atoms with Crippen LogP contribution in [0.3, 0.4) is 0 Å². The molecule has 5 heteroatoms. The fourth-order valence-electron chi connectivity index (χ4n) is 2.34. The third-order valence-electron chi connectivity index (χ3n) is 3.59. The molecule has 0 atom stereocenters. The summed E-state index contributed by atoms with van der Waals surface area (Å²) in [6.45, 7) is 6.09. The summed E-state index contributed by atoms with van der Waals surface area (Å²) >= 11 is 0. The zero-order valence-corrected chi connectivity index (χ0v) is 12.7. The van der Waals surface area contributed by atoms with E-state index in [2.05, 4.69) is 32.2 Å². The summed E-state index contributed by atoms with van der Waals surface area (Å²) in [5.74, 6) is 0. The van der Waals surface area contributed by atoms with Crippen molar-refractivity contribution in [3.63, 3.8) is 0 Å². The lowest BCUT2D eigenvalue weighted by Crippen LogP contribution is -2.19. The van der Waals surface area contributed by atoms with Gasteiger partial charge in [-0.2, -0.15) is 0 Å². The first kappa shape index (κ1) is 14.5. The minimum absolute atomic E-state index is 0.777. The van der Waals surface area contributed by atoms with Crippen molar-refractivity contribution < 1.29 is 4.84 Å². The highest BCUT2D eigenvalue weighted by Crippen LogP contribution is 2.22. The Kier molecular flexibility index (Phi) is 4.71. The van der Waals surface area contributed by atoms with Gasteiger partial charge < -0.3 is 9.74 Å². The van der Waals surface area contributed by atoms with Crippen molar-refractivity contribution in [2.24, 2.45) is 10.1 Å². The van der Waals surface area contributed by atoms with Crippen LogP contribution < -0.4 is 4.90 Å². The second-order valence-electron chi connectivity index (χ2n) is 4.96. The highest BCUT2D eigenvalue weighted by molar-refractivity contribution is 6.01. The fraction of sp³-hybridized carbons (Fsp3) is 0.533. The minimum atomic E-state index is 0.777. The molecule has 5 nitrogen and oxygen atoms in total. The van der Waals surface area contributed by atoms with Gasteiger partial charge in [-0.3, -0.25) is 4.99 Å². The highest BCUT2D eigenvalue weighted by Gasteiger charge is 2.16. The number of hydrogen-bond donors (Lipinski definition) is 0. The molecule has 1 aromatic rings. The molecule has 0 N–H and O–H groups in total. The molecule has 2 rings (SSSR count). The van der Waals surface area contributed by atoms with Crippen LogP contribution in [0.15, 0.2) is 22.3 Å². The van der Waals surface area contributed by atoms with Crippen molar-refractivity contribution in [3.05, 3.63) is 23.5 Å². The van der Waals surface area contributed by atoms with E-state index in [1.807, 2.05) is 13.8 Å². The van der Waals surface area contributed by atoms with E-state index in [-0.39, 0.29) is 0 Å². The summed E-state index contributed by atoms with van der Waals surface area (Å²) in [6.07, 6.45) is 2.50. The normalized spacial score (nSPS) is 16.7. The molecule has 1 aliphatic rings. The Morgan fingerprint density at radius 3 is 2.30 bits per heavy atom. The smallest absolute Gasteiger partial charge is 0.106 e. The van der Waals surface area contributed by atoms with Crippen LogP contribution in [-0.2, 0) is 4.84 Å². The predicted octanol–water partition coefficient (Wildman–Crippen LogP) is 2.49. The van der Waals surface area contributed by atoms with Crippen molar-refractivity contribution in [3.8, 4) is 0 Å². The van der Waals surface area contributed by atoms with E-state index >= 15 is 0 Å². The van der Waals surface area contributed by atoms with Crippen molar-refractivity contribution in [2.45, 2.75) is 26.7 Å². The number of rotatable bonds is 4. The van der Waals surface area contributed by atoms with Crippen molar-refractivity contribution in [1.29, 1.82) is 0 Å². The molecule has 1 aromatic heterocycles. The number of pyridine rings is 1. The first-order valence-electron chi connectivity index (χ1n) is 6.94. The van der Waals surface area contributed by atoms with Crippen LogP contribution in [0.25, 0.3) is 0 Å². The van der Waals surface area contributed by atoms with Crippen LogP contribution in [0, 0.1) is 0 Å². The first-order chi connectivity index (χ1) is 9.65. The zero-order chi connectivity index (χ0) is 14.5. The molecule has 0 amide bonds. The maximum atomic E-state index is 4.85. The second kappa shape index (κ2) is 6.50. The van der Waals surface area contributed by atoms with E-state index in [4.69, 9.17) is 4.84 Å². The largest absolute Gasteiger partial charge is 0.399 e. The average Bonchev–Trinajstić information content (AvgIpc) is 3.00. The molecule has 0 spiro atoms. The Labute approximate surface area is 120 Å². The zero-order valence-electron chi connectivity index (χ0n) is 12.7. The summed E-state index contributed by atoms with van der Waals surface area (Å²) in [4.78, 5) is 16.1. The highest BCUT2D eigenvalue weighted by atomic mass is 16.6. The summed E-state index contributed by atoms with van der Waals surface area (Å²) in [5.41, 5.74) is 4.64. The maximum absolute atomic E-state index is 4.85. The van der Waals surface area contributed by atoms with Crippen LogP contribution in [0.5, 0.6) is 0 Å². The van der Waals surface area contributed by atoms with Crippen LogP contribution in [-0.4, -0.2) is 43.7 Å². The number of nitrogens with zero attached hydrogens (tertiary/aromatic N) is 4. The minimum Gasteiger partial charge on any atom is -0.399 e. The van der Waals surface area contributed by atoms with Gasteiger partial charge in [0.2, 0.25) is 0 Å². The molecule has 20 heavy (non-hydrogen) atoms. The summed E-state index contributed by atoms with van der Waals surface area (Å²) in [6, 6.07) is 4.19. The van der Waals surface area contributed by atoms with Gasteiger partial charge in [0.25, 0.3) is 0 Å². The predicted molar refractivity (Wildman–Crippen MR) is 83.0 cm³/mol. The van der Waals surface area contributed by atoms with Gasteiger partial charge in [-0.15, -0.1) is 0 Å². The van der Waals surface area contributed by atoms with Gasteiger partial charge in [0.1, 0.15) is 12.8 Å². The Bertz CT molecular complexity index is 531. The lowest BCUT2D eigenvalue weighted by Gasteiger charge is -2.19. The number of aliphatic imine (C=N–C) groups is 1. The van der Waals surface area contributed by atoms with Gasteiger partial charge in [0, 0.05) is 25.8 Å². The first-order valence-corrected chi connectivity index (χ1v) is 6.94. The van der Waals surface area contributed by atoms with Gasteiger partial charge in [-0.05, 0) is 38.8 Å². The molecule has 2 heterocycles. The number of oxime groups is 1. The Hall–Kier alpha value is -1.91. The van der Waals surface area contributed by atoms with Crippen molar-refractivity contribution in [2.75, 3.05) is 32.1 Å². The summed E-state index contributed by atoms with van der Waals surface area (Å²) in [5, 5.41) is 3.98. The number of hydrogen-bond acceptors (Lipinski definition) is 5. The maximum Gasteiger partial charge on any atom is 0.106 e. The van der Waals surface area contributed by atoms with Crippen molar-refractivity contribution in [1.82, 2.24) is 4.98 Å². The fourth-order valence-corrected chi connectivity index (χ4v) is 2.34. The molecule has 0 saturated carbocycles. The van der Waals surface area contributed by atoms with Crippen molar-refractivity contribution >= 4 is 17.1 Å². The van der Waals surface area contributed by atoms with Gasteiger partial charge >= 0.3 is 0 Å². The van der Waals surface area contributed by atoms with E-state index < -0.39 is 0 Å². The molecule has 0 unspecified atom stereocenters. The second-order valence-corrected chi connectivity index (χ2v) is 4.96. The molecule has 0 radical (unpaired) electrons. The Balaban J connectivity index is 2.46. The third-order valence-corrected chi connectivity index (χ3v) is 3.59. The monoisotopic (exact) mass is 274 g/mol. The molecule has 0 bridgehead atoms. The number of anilines is 1. The lowest BCUT2D eigenvalue weighted by atomic mass is 10.1. The van der Waals surface area contributed by atoms with Gasteiger partial charge in [-0.1, -0.05) is 5.16 Å². The van der Waals surface area contributed by atoms with Gasteiger partial charge in [0.05, 0.1) is 17.1 Å². The standard InChI is InChI=1S/C15H22N4O/c1-11(16-3)14-9-13(19-7-5-6-8-19)10-15(17-14)12(2)18-20-4/h9-10H,5-8H2,1-4H3. The SMILES string of the molecule is CN=C(C)c1cc(N2CCCC2)cc(C(C)=NOC)n1. The van der Waals surface area contributed by atoms with E-state index in [0.29, 0.717) is 0 Å². The molecular weight excluding hydrogens is 252 g/mol. The van der Waals surface area contributed by atoms with Crippen LogP contribution in [0.1, 0.15) is 38.1 Å². The van der Waals surface area contributed by atoms with Crippen LogP contribution in [0.4, 0.5) is 5.69 Å². The topological polar surface area (TPSA) is 50.1 Å². The third kappa shape index (κ3) is 3.15. The van der Waals surface area contributed by atoms with Gasteiger partial charge in [-0.25, -0.2) is 4.98 Å².